The number of hydrogen-bond donors (Lipinski definition) is 3. The molecule has 0 spiro atoms. The summed E-state index contributed by atoms with van der Waals surface area (Å²) in [5.74, 6) is 0.0180. The van der Waals surface area contributed by atoms with E-state index in [-0.39, 0.29) is 22.0 Å². The van der Waals surface area contributed by atoms with Gasteiger partial charge in [0.15, 0.2) is 15.7 Å². The van der Waals surface area contributed by atoms with Crippen LogP contribution in [0.5, 0.6) is 0 Å². The lowest BCUT2D eigenvalue weighted by atomic mass is 9.79. The number of hydrogen-bond acceptors (Lipinski definition) is 5. The van der Waals surface area contributed by atoms with E-state index in [1.165, 1.54) is 30.7 Å². The molecule has 21 heavy (non-hydrogen) atoms. The SMILES string of the molecule is CC1(NCCS(=O)(=O)c2ccc(/C(N)=N/O)cc2)CCC1. The molecule has 1 aliphatic rings. The maximum atomic E-state index is 12.2. The predicted molar refractivity (Wildman–Crippen MR) is 81.3 cm³/mol. The summed E-state index contributed by atoms with van der Waals surface area (Å²) < 4.78 is 24.4. The molecule has 1 aliphatic carbocycles. The van der Waals surface area contributed by atoms with E-state index >= 15 is 0 Å². The van der Waals surface area contributed by atoms with Gasteiger partial charge in [0.25, 0.3) is 0 Å². The standard InChI is InChI=1S/C14H21N3O3S/c1-14(7-2-8-14)16-9-10-21(19,20)12-5-3-11(4-6-12)13(15)17-18/h3-6,16,18H,2,7-10H2,1H3,(H2,15,17). The van der Waals surface area contributed by atoms with Crippen molar-refractivity contribution in [1.82, 2.24) is 5.32 Å². The Labute approximate surface area is 125 Å². The minimum absolute atomic E-state index is 0.0430. The number of nitrogens with zero attached hydrogens (tertiary/aromatic N) is 1. The van der Waals surface area contributed by atoms with Crippen LogP contribution in [0.2, 0.25) is 0 Å². The Morgan fingerprint density at radius 1 is 1.38 bits per heavy atom. The van der Waals surface area contributed by atoms with Crippen LogP contribution in [-0.2, 0) is 9.84 Å². The molecule has 1 aromatic rings. The Kier molecular flexibility index (Phi) is 4.53. The van der Waals surface area contributed by atoms with Crippen LogP contribution in [0.4, 0.5) is 0 Å². The third-order valence-electron chi connectivity index (χ3n) is 4.00. The molecule has 116 valence electrons. The second-order valence-electron chi connectivity index (χ2n) is 5.67. The number of oxime groups is 1. The molecule has 0 bridgehead atoms. The summed E-state index contributed by atoms with van der Waals surface area (Å²) in [6.45, 7) is 2.57. The number of sulfone groups is 1. The highest BCUT2D eigenvalue weighted by atomic mass is 32.2. The maximum Gasteiger partial charge on any atom is 0.179 e. The summed E-state index contributed by atoms with van der Waals surface area (Å²) in [5.41, 5.74) is 6.03. The molecule has 1 fully saturated rings. The molecule has 0 radical (unpaired) electrons. The maximum absolute atomic E-state index is 12.2. The molecule has 0 aliphatic heterocycles. The summed E-state index contributed by atoms with van der Waals surface area (Å²) in [6.07, 6.45) is 3.40. The summed E-state index contributed by atoms with van der Waals surface area (Å²) >= 11 is 0. The van der Waals surface area contributed by atoms with Gasteiger partial charge in [-0.15, -0.1) is 0 Å². The van der Waals surface area contributed by atoms with Gasteiger partial charge in [-0.1, -0.05) is 5.16 Å². The van der Waals surface area contributed by atoms with Crippen LogP contribution in [0, 0.1) is 0 Å². The number of rotatable bonds is 6. The lowest BCUT2D eigenvalue weighted by molar-refractivity contribution is 0.213. The molecular weight excluding hydrogens is 290 g/mol. The van der Waals surface area contributed by atoms with Gasteiger partial charge in [-0.3, -0.25) is 0 Å². The Balaban J connectivity index is 1.98. The van der Waals surface area contributed by atoms with Crippen LogP contribution in [0.3, 0.4) is 0 Å². The topological polar surface area (TPSA) is 105 Å². The molecule has 7 heteroatoms. The van der Waals surface area contributed by atoms with Gasteiger partial charge >= 0.3 is 0 Å². The van der Waals surface area contributed by atoms with E-state index in [4.69, 9.17) is 10.9 Å². The molecule has 0 unspecified atom stereocenters. The average molecular weight is 311 g/mol. The lowest BCUT2D eigenvalue weighted by Crippen LogP contribution is -2.49. The van der Waals surface area contributed by atoms with Crippen LogP contribution in [0.1, 0.15) is 31.7 Å². The first kappa shape index (κ1) is 15.8. The monoisotopic (exact) mass is 311 g/mol. The zero-order valence-electron chi connectivity index (χ0n) is 12.0. The Bertz CT molecular complexity index is 619. The van der Waals surface area contributed by atoms with E-state index in [1.807, 2.05) is 0 Å². The Morgan fingerprint density at radius 2 is 2.00 bits per heavy atom. The van der Waals surface area contributed by atoms with Crippen LogP contribution in [-0.4, -0.2) is 37.3 Å². The zero-order chi connectivity index (χ0) is 15.5. The molecule has 0 amide bonds. The fourth-order valence-corrected chi connectivity index (χ4v) is 3.54. The minimum atomic E-state index is -3.32. The lowest BCUT2D eigenvalue weighted by Gasteiger charge is -2.39. The van der Waals surface area contributed by atoms with Crippen molar-refractivity contribution in [2.45, 2.75) is 36.6 Å². The van der Waals surface area contributed by atoms with Crippen molar-refractivity contribution in [3.8, 4) is 0 Å². The Morgan fingerprint density at radius 3 is 2.48 bits per heavy atom. The molecule has 0 saturated heterocycles. The van der Waals surface area contributed by atoms with E-state index in [0.717, 1.165) is 12.8 Å². The molecule has 1 aromatic carbocycles. The first-order chi connectivity index (χ1) is 9.86. The van der Waals surface area contributed by atoms with Gasteiger partial charge in [-0.2, -0.15) is 0 Å². The molecule has 6 nitrogen and oxygen atoms in total. The van der Waals surface area contributed by atoms with Gasteiger partial charge in [-0.25, -0.2) is 8.42 Å². The highest BCUT2D eigenvalue weighted by Crippen LogP contribution is 2.30. The number of nitrogens with one attached hydrogen (secondary N) is 1. The third-order valence-corrected chi connectivity index (χ3v) is 5.73. The highest BCUT2D eigenvalue weighted by Gasteiger charge is 2.31. The van der Waals surface area contributed by atoms with Gasteiger partial charge in [0.05, 0.1) is 10.6 Å². The van der Waals surface area contributed by atoms with E-state index in [2.05, 4.69) is 17.4 Å². The third kappa shape index (κ3) is 3.74. The summed E-state index contributed by atoms with van der Waals surface area (Å²) in [5, 5.41) is 14.8. The Hall–Kier alpha value is -1.60. The van der Waals surface area contributed by atoms with Crippen LogP contribution >= 0.6 is 0 Å². The van der Waals surface area contributed by atoms with Crippen molar-refractivity contribution in [3.05, 3.63) is 29.8 Å². The van der Waals surface area contributed by atoms with Crippen molar-refractivity contribution >= 4 is 15.7 Å². The first-order valence-electron chi connectivity index (χ1n) is 6.92. The number of nitrogens with two attached hydrogens (primary N) is 1. The van der Waals surface area contributed by atoms with Crippen molar-refractivity contribution in [2.24, 2.45) is 10.9 Å². The average Bonchev–Trinajstić information content (AvgIpc) is 2.44. The summed E-state index contributed by atoms with van der Waals surface area (Å²) in [6, 6.07) is 6.02. The van der Waals surface area contributed by atoms with E-state index < -0.39 is 9.84 Å². The smallest absolute Gasteiger partial charge is 0.179 e. The van der Waals surface area contributed by atoms with Gasteiger partial charge in [0.2, 0.25) is 0 Å². The largest absolute Gasteiger partial charge is 0.409 e. The first-order valence-corrected chi connectivity index (χ1v) is 8.57. The summed E-state index contributed by atoms with van der Waals surface area (Å²) in [4.78, 5) is 0.248. The molecule has 2 rings (SSSR count). The van der Waals surface area contributed by atoms with Gasteiger partial charge in [0, 0.05) is 17.6 Å². The second-order valence-corrected chi connectivity index (χ2v) is 7.78. The molecule has 0 atom stereocenters. The summed E-state index contributed by atoms with van der Waals surface area (Å²) in [7, 11) is -3.32. The quantitative estimate of drug-likeness (QED) is 0.316. The van der Waals surface area contributed by atoms with Gasteiger partial charge < -0.3 is 16.3 Å². The molecule has 0 heterocycles. The van der Waals surface area contributed by atoms with Crippen LogP contribution in [0.25, 0.3) is 0 Å². The fourth-order valence-electron chi connectivity index (χ4n) is 2.38. The van der Waals surface area contributed by atoms with E-state index in [1.54, 1.807) is 0 Å². The molecule has 0 aromatic heterocycles. The van der Waals surface area contributed by atoms with Crippen LogP contribution < -0.4 is 11.1 Å². The minimum Gasteiger partial charge on any atom is -0.409 e. The van der Waals surface area contributed by atoms with Crippen molar-refractivity contribution in [3.63, 3.8) is 0 Å². The van der Waals surface area contributed by atoms with Crippen molar-refractivity contribution in [1.29, 1.82) is 0 Å². The van der Waals surface area contributed by atoms with Crippen LogP contribution in [0.15, 0.2) is 34.3 Å². The van der Waals surface area contributed by atoms with Crippen molar-refractivity contribution in [2.75, 3.05) is 12.3 Å². The number of amidine groups is 1. The molecule has 4 N–H and O–H groups in total. The number of benzene rings is 1. The fraction of sp³-hybridized carbons (Fsp3) is 0.500. The van der Waals surface area contributed by atoms with Crippen molar-refractivity contribution < 1.29 is 13.6 Å². The highest BCUT2D eigenvalue weighted by molar-refractivity contribution is 7.91. The molecule has 1 saturated carbocycles. The van der Waals surface area contributed by atoms with E-state index in [0.29, 0.717) is 12.1 Å². The molecular formula is C14H21N3O3S. The van der Waals surface area contributed by atoms with E-state index in [9.17, 15) is 8.42 Å². The zero-order valence-corrected chi connectivity index (χ0v) is 12.9. The normalized spacial score (nSPS) is 18.2. The van der Waals surface area contributed by atoms with Gasteiger partial charge in [0.1, 0.15) is 0 Å². The second kappa shape index (κ2) is 6.03. The van der Waals surface area contributed by atoms with Gasteiger partial charge in [-0.05, 0) is 50.5 Å². The predicted octanol–water partition coefficient (Wildman–Crippen LogP) is 1.09.